The number of carbonyl (C=O) groups is 1. The van der Waals surface area contributed by atoms with E-state index in [9.17, 15) is 4.79 Å². The van der Waals surface area contributed by atoms with E-state index in [4.69, 9.17) is 15.6 Å². The number of carboxylic acid groups (broad SMARTS) is 1. The van der Waals surface area contributed by atoms with Crippen LogP contribution in [0.3, 0.4) is 0 Å². The summed E-state index contributed by atoms with van der Waals surface area (Å²) in [5.74, 6) is 0.0315. The van der Waals surface area contributed by atoms with E-state index < -0.39 is 5.97 Å². The Balaban J connectivity index is 2.36. The monoisotopic (exact) mass is 350 g/mol. The van der Waals surface area contributed by atoms with Gasteiger partial charge in [0, 0.05) is 10.7 Å². The highest BCUT2D eigenvalue weighted by molar-refractivity contribution is 9.10. The van der Waals surface area contributed by atoms with Crippen molar-refractivity contribution in [1.82, 2.24) is 4.98 Å². The van der Waals surface area contributed by atoms with Gasteiger partial charge in [-0.15, -0.1) is 0 Å². The lowest BCUT2D eigenvalue weighted by atomic mass is 10.0. The summed E-state index contributed by atoms with van der Waals surface area (Å²) >= 11 is 3.43. The number of nitrogens with zero attached hydrogens (tertiary/aromatic N) is 1. The molecule has 5 nitrogen and oxygen atoms in total. The molecule has 110 valence electrons. The summed E-state index contributed by atoms with van der Waals surface area (Å²) in [4.78, 5) is 14.8. The quantitative estimate of drug-likeness (QED) is 0.868. The number of aromatic carboxylic acids is 1. The molecule has 0 saturated carbocycles. The van der Waals surface area contributed by atoms with Crippen LogP contribution >= 0.6 is 15.9 Å². The van der Waals surface area contributed by atoms with Gasteiger partial charge in [0.05, 0.1) is 11.3 Å². The number of pyridine rings is 1. The molecule has 0 spiro atoms. The minimum Gasteiger partial charge on any atom is -0.478 e. The van der Waals surface area contributed by atoms with E-state index >= 15 is 0 Å². The fraction of sp³-hybridized carbons (Fsp3) is 0.200. The largest absolute Gasteiger partial charge is 0.478 e. The van der Waals surface area contributed by atoms with Crippen molar-refractivity contribution in [2.45, 2.75) is 19.8 Å². The molecule has 0 aliphatic heterocycles. The SMILES string of the molecule is CC(C)c1cc(Br)ccc1Oc1ncc(C(=O)O)cc1N. The first-order chi connectivity index (χ1) is 9.88. The molecule has 0 unspecified atom stereocenters. The Morgan fingerprint density at radius 2 is 2.10 bits per heavy atom. The second-order valence-electron chi connectivity index (χ2n) is 4.86. The Morgan fingerprint density at radius 1 is 1.38 bits per heavy atom. The van der Waals surface area contributed by atoms with E-state index in [1.807, 2.05) is 18.2 Å². The van der Waals surface area contributed by atoms with Crippen molar-refractivity contribution in [2.75, 3.05) is 5.73 Å². The Hall–Kier alpha value is -2.08. The van der Waals surface area contributed by atoms with Gasteiger partial charge < -0.3 is 15.6 Å². The molecule has 2 rings (SSSR count). The number of nitrogens with two attached hydrogens (primary N) is 1. The number of nitrogen functional groups attached to an aromatic ring is 1. The number of benzene rings is 1. The zero-order valence-corrected chi connectivity index (χ0v) is 13.2. The number of anilines is 1. The summed E-state index contributed by atoms with van der Waals surface area (Å²) in [6.45, 7) is 4.11. The van der Waals surface area contributed by atoms with Gasteiger partial charge in [-0.05, 0) is 35.7 Å². The standard InChI is InChI=1S/C15H15BrN2O3/c1-8(2)11-6-10(16)3-4-13(11)21-14-12(17)5-9(7-18-14)15(19)20/h3-8H,17H2,1-2H3,(H,19,20). The second-order valence-corrected chi connectivity index (χ2v) is 5.78. The first kappa shape index (κ1) is 15.3. The van der Waals surface area contributed by atoms with Gasteiger partial charge in [-0.2, -0.15) is 0 Å². The van der Waals surface area contributed by atoms with Gasteiger partial charge in [0.1, 0.15) is 5.75 Å². The predicted octanol–water partition coefficient (Wildman–Crippen LogP) is 4.04. The van der Waals surface area contributed by atoms with Crippen LogP contribution in [-0.2, 0) is 0 Å². The molecule has 0 saturated heterocycles. The van der Waals surface area contributed by atoms with E-state index in [2.05, 4.69) is 34.8 Å². The lowest BCUT2D eigenvalue weighted by Crippen LogP contribution is -2.03. The fourth-order valence-electron chi connectivity index (χ4n) is 1.84. The summed E-state index contributed by atoms with van der Waals surface area (Å²) in [7, 11) is 0. The van der Waals surface area contributed by atoms with E-state index in [0.29, 0.717) is 5.75 Å². The smallest absolute Gasteiger partial charge is 0.337 e. The Morgan fingerprint density at radius 3 is 2.67 bits per heavy atom. The highest BCUT2D eigenvalue weighted by Crippen LogP contribution is 2.34. The van der Waals surface area contributed by atoms with Crippen LogP contribution in [0.4, 0.5) is 5.69 Å². The van der Waals surface area contributed by atoms with Crippen LogP contribution in [0, 0.1) is 0 Å². The summed E-state index contributed by atoms with van der Waals surface area (Å²) in [5, 5.41) is 8.90. The maximum absolute atomic E-state index is 10.9. The lowest BCUT2D eigenvalue weighted by molar-refractivity contribution is 0.0696. The summed E-state index contributed by atoms with van der Waals surface area (Å²) in [5.41, 5.74) is 7.03. The fourth-order valence-corrected chi connectivity index (χ4v) is 2.22. The van der Waals surface area contributed by atoms with Crippen LogP contribution in [0.15, 0.2) is 34.9 Å². The third kappa shape index (κ3) is 3.52. The van der Waals surface area contributed by atoms with Gasteiger partial charge in [-0.3, -0.25) is 0 Å². The highest BCUT2D eigenvalue weighted by atomic mass is 79.9. The first-order valence-electron chi connectivity index (χ1n) is 6.34. The van der Waals surface area contributed by atoms with Gasteiger partial charge in [0.2, 0.25) is 5.88 Å². The van der Waals surface area contributed by atoms with E-state index in [-0.39, 0.29) is 23.0 Å². The highest BCUT2D eigenvalue weighted by Gasteiger charge is 2.13. The maximum Gasteiger partial charge on any atom is 0.337 e. The minimum atomic E-state index is -1.08. The molecule has 0 fully saturated rings. The lowest BCUT2D eigenvalue weighted by Gasteiger charge is -2.14. The molecule has 1 aromatic carbocycles. The zero-order valence-electron chi connectivity index (χ0n) is 11.6. The van der Waals surface area contributed by atoms with Gasteiger partial charge in [0.25, 0.3) is 0 Å². The van der Waals surface area contributed by atoms with E-state index in [0.717, 1.165) is 10.0 Å². The average molecular weight is 351 g/mol. The molecule has 1 heterocycles. The van der Waals surface area contributed by atoms with Crippen molar-refractivity contribution in [2.24, 2.45) is 0 Å². The average Bonchev–Trinajstić information content (AvgIpc) is 2.42. The number of halogens is 1. The van der Waals surface area contributed by atoms with Crippen LogP contribution in [0.5, 0.6) is 11.6 Å². The van der Waals surface area contributed by atoms with Crippen molar-refractivity contribution in [1.29, 1.82) is 0 Å². The van der Waals surface area contributed by atoms with E-state index in [1.165, 1.54) is 12.3 Å². The molecule has 0 aliphatic rings. The number of hydrogen-bond acceptors (Lipinski definition) is 4. The second kappa shape index (κ2) is 6.13. The number of ether oxygens (including phenoxy) is 1. The summed E-state index contributed by atoms with van der Waals surface area (Å²) < 4.78 is 6.70. The van der Waals surface area contributed by atoms with Crippen molar-refractivity contribution < 1.29 is 14.6 Å². The molecular weight excluding hydrogens is 336 g/mol. The van der Waals surface area contributed by atoms with Crippen molar-refractivity contribution in [3.8, 4) is 11.6 Å². The molecule has 0 aliphatic carbocycles. The molecule has 2 aromatic rings. The topological polar surface area (TPSA) is 85.4 Å². The molecular formula is C15H15BrN2O3. The van der Waals surface area contributed by atoms with Gasteiger partial charge in [-0.25, -0.2) is 9.78 Å². The maximum atomic E-state index is 10.9. The summed E-state index contributed by atoms with van der Waals surface area (Å²) in [6.07, 6.45) is 1.22. The minimum absolute atomic E-state index is 0.0275. The van der Waals surface area contributed by atoms with Crippen molar-refractivity contribution in [3.63, 3.8) is 0 Å². The van der Waals surface area contributed by atoms with Gasteiger partial charge in [-0.1, -0.05) is 29.8 Å². The zero-order chi connectivity index (χ0) is 15.6. The number of carboxylic acids is 1. The van der Waals surface area contributed by atoms with Crippen molar-refractivity contribution in [3.05, 3.63) is 46.1 Å². The first-order valence-corrected chi connectivity index (χ1v) is 7.14. The normalized spacial score (nSPS) is 10.7. The molecule has 0 amide bonds. The number of hydrogen-bond donors (Lipinski definition) is 2. The third-order valence-electron chi connectivity index (χ3n) is 2.93. The van der Waals surface area contributed by atoms with Gasteiger partial charge in [0.15, 0.2) is 0 Å². The number of rotatable bonds is 4. The van der Waals surface area contributed by atoms with E-state index in [1.54, 1.807) is 0 Å². The number of aromatic nitrogens is 1. The molecule has 1 aromatic heterocycles. The van der Waals surface area contributed by atoms with Gasteiger partial charge >= 0.3 is 5.97 Å². The molecule has 21 heavy (non-hydrogen) atoms. The molecule has 3 N–H and O–H groups in total. The predicted molar refractivity (Wildman–Crippen MR) is 83.9 cm³/mol. The van der Waals surface area contributed by atoms with Crippen LogP contribution in [0.1, 0.15) is 35.7 Å². The molecule has 0 radical (unpaired) electrons. The van der Waals surface area contributed by atoms with Crippen LogP contribution < -0.4 is 10.5 Å². The molecule has 0 atom stereocenters. The van der Waals surface area contributed by atoms with Crippen LogP contribution in [-0.4, -0.2) is 16.1 Å². The molecule has 0 bridgehead atoms. The Labute approximate surface area is 130 Å². The Kier molecular flexibility index (Phi) is 4.47. The summed E-state index contributed by atoms with van der Waals surface area (Å²) in [6, 6.07) is 7.00. The van der Waals surface area contributed by atoms with Crippen LogP contribution in [0.25, 0.3) is 0 Å². The van der Waals surface area contributed by atoms with Crippen LogP contribution in [0.2, 0.25) is 0 Å². The third-order valence-corrected chi connectivity index (χ3v) is 3.42. The van der Waals surface area contributed by atoms with Crippen molar-refractivity contribution >= 4 is 27.6 Å². The Bertz CT molecular complexity index is 687. The molecule has 6 heteroatoms.